The summed E-state index contributed by atoms with van der Waals surface area (Å²) in [6, 6.07) is 0. The molecule has 0 unspecified atom stereocenters. The maximum Gasteiger partial charge on any atom is 0.249 e. The molecule has 0 aliphatic rings. The summed E-state index contributed by atoms with van der Waals surface area (Å²) in [5, 5.41) is 18.5. The summed E-state index contributed by atoms with van der Waals surface area (Å²) >= 11 is 0. The summed E-state index contributed by atoms with van der Waals surface area (Å²) in [6.07, 6.45) is 30.7. The number of hydrogen-bond acceptors (Lipinski definition) is 7. The second-order valence-electron chi connectivity index (χ2n) is 10.8. The summed E-state index contributed by atoms with van der Waals surface area (Å²) in [7, 11) is 4.79. The van der Waals surface area contributed by atoms with E-state index in [9.17, 15) is 19.5 Å². The number of carbonyl (C=O) groups is 3. The van der Waals surface area contributed by atoms with Gasteiger partial charge in [-0.15, -0.1) is 0 Å². The molecule has 254 valence electrons. The number of allylic oxidation sites excluding steroid dienone is 11. The van der Waals surface area contributed by atoms with Gasteiger partial charge in [-0.3, -0.25) is 14.4 Å². The second kappa shape index (κ2) is 30.1. The number of ether oxygens (including phenoxy) is 1. The summed E-state index contributed by atoms with van der Waals surface area (Å²) in [5.41, 5.74) is -0.715. The molecule has 0 aromatic rings. The first-order chi connectivity index (χ1) is 21.7. The molecule has 0 aliphatic carbocycles. The third kappa shape index (κ3) is 27.5. The molecule has 4 N–H and O–H groups in total. The van der Waals surface area contributed by atoms with Crippen molar-refractivity contribution in [2.75, 3.05) is 44.9 Å². The highest BCUT2D eigenvalue weighted by molar-refractivity contribution is 8.76. The van der Waals surface area contributed by atoms with Crippen molar-refractivity contribution in [2.45, 2.75) is 78.2 Å². The third-order valence-corrected chi connectivity index (χ3v) is 8.56. The van der Waals surface area contributed by atoms with Gasteiger partial charge in [-0.05, 0) is 38.5 Å². The minimum Gasteiger partial charge on any atom is -0.384 e. The van der Waals surface area contributed by atoms with Gasteiger partial charge in [0, 0.05) is 56.5 Å². The summed E-state index contributed by atoms with van der Waals surface area (Å²) < 4.78 is 5.03. The molecule has 0 fully saturated rings. The largest absolute Gasteiger partial charge is 0.384 e. The number of rotatable bonds is 27. The van der Waals surface area contributed by atoms with Crippen LogP contribution in [0.3, 0.4) is 0 Å². The van der Waals surface area contributed by atoms with Crippen molar-refractivity contribution in [1.29, 1.82) is 0 Å². The van der Waals surface area contributed by atoms with Crippen molar-refractivity contribution in [2.24, 2.45) is 5.41 Å². The van der Waals surface area contributed by atoms with Gasteiger partial charge in [0.15, 0.2) is 0 Å². The second-order valence-corrected chi connectivity index (χ2v) is 13.5. The fourth-order valence-corrected chi connectivity index (χ4v) is 5.47. The van der Waals surface area contributed by atoms with E-state index in [-0.39, 0.29) is 31.4 Å². The number of hydrogen-bond donors (Lipinski definition) is 4. The van der Waals surface area contributed by atoms with Gasteiger partial charge in [-0.2, -0.15) is 0 Å². The van der Waals surface area contributed by atoms with Gasteiger partial charge in [0.2, 0.25) is 17.7 Å². The Bertz CT molecular complexity index is 974. The molecule has 0 saturated heterocycles. The van der Waals surface area contributed by atoms with Crippen molar-refractivity contribution in [1.82, 2.24) is 16.0 Å². The van der Waals surface area contributed by atoms with Crippen molar-refractivity contribution in [3.05, 3.63) is 72.9 Å². The van der Waals surface area contributed by atoms with Crippen LogP contribution in [0.4, 0.5) is 0 Å². The van der Waals surface area contributed by atoms with Crippen LogP contribution in [0.25, 0.3) is 0 Å². The molecule has 1 atom stereocenters. The summed E-state index contributed by atoms with van der Waals surface area (Å²) in [5.74, 6) is 0.852. The van der Waals surface area contributed by atoms with Crippen LogP contribution in [-0.2, 0) is 19.1 Å². The average molecular weight is 664 g/mol. The number of nitrogens with one attached hydrogen (secondary N) is 3. The molecular formula is C35H57N3O5S2. The van der Waals surface area contributed by atoms with Gasteiger partial charge in [0.05, 0.1) is 6.61 Å². The lowest BCUT2D eigenvalue weighted by Gasteiger charge is -2.28. The normalized spacial score (nSPS) is 13.3. The van der Waals surface area contributed by atoms with Gasteiger partial charge in [-0.25, -0.2) is 0 Å². The maximum atomic E-state index is 12.1. The van der Waals surface area contributed by atoms with Crippen LogP contribution in [0.1, 0.15) is 72.1 Å². The van der Waals surface area contributed by atoms with Crippen molar-refractivity contribution < 1.29 is 24.2 Å². The molecule has 8 nitrogen and oxygen atoms in total. The topological polar surface area (TPSA) is 117 Å². The Labute approximate surface area is 280 Å². The number of amides is 3. The Morgan fingerprint density at radius 2 is 1.13 bits per heavy atom. The molecule has 0 aromatic carbocycles. The first-order valence-corrected chi connectivity index (χ1v) is 18.4. The van der Waals surface area contributed by atoms with Gasteiger partial charge in [0.25, 0.3) is 0 Å². The van der Waals surface area contributed by atoms with Crippen LogP contribution in [-0.4, -0.2) is 73.8 Å². The molecule has 45 heavy (non-hydrogen) atoms. The van der Waals surface area contributed by atoms with E-state index in [0.29, 0.717) is 19.5 Å². The minimum absolute atomic E-state index is 0.00905. The Morgan fingerprint density at radius 1 is 0.689 bits per heavy atom. The van der Waals surface area contributed by atoms with Crippen molar-refractivity contribution in [3.8, 4) is 0 Å². The Hall–Kier alpha value is -2.53. The minimum atomic E-state index is -1.21. The third-order valence-electron chi connectivity index (χ3n) is 6.15. The molecule has 3 amide bonds. The molecule has 0 heterocycles. The molecule has 0 aromatic heterocycles. The van der Waals surface area contributed by atoms with Gasteiger partial charge >= 0.3 is 0 Å². The van der Waals surface area contributed by atoms with Crippen LogP contribution >= 0.6 is 21.6 Å². The van der Waals surface area contributed by atoms with Crippen LogP contribution in [0.2, 0.25) is 0 Å². The lowest BCUT2D eigenvalue weighted by Crippen LogP contribution is -2.46. The Morgan fingerprint density at radius 3 is 1.60 bits per heavy atom. The lowest BCUT2D eigenvalue weighted by molar-refractivity contribution is -0.137. The number of aliphatic hydroxyl groups excluding tert-OH is 1. The maximum absolute atomic E-state index is 12.1. The van der Waals surface area contributed by atoms with Crippen molar-refractivity contribution in [3.63, 3.8) is 0 Å². The highest BCUT2D eigenvalue weighted by Crippen LogP contribution is 2.21. The van der Waals surface area contributed by atoms with Crippen molar-refractivity contribution >= 4 is 39.3 Å². The Balaban J connectivity index is 3.67. The quantitative estimate of drug-likeness (QED) is 0.0468. The lowest BCUT2D eigenvalue weighted by atomic mass is 9.87. The molecule has 0 radical (unpaired) electrons. The number of methoxy groups -OCH3 is 1. The van der Waals surface area contributed by atoms with E-state index in [2.05, 4.69) is 83.6 Å². The number of aliphatic hydroxyl groups is 1. The first kappa shape index (κ1) is 42.5. The molecule has 0 aliphatic heterocycles. The van der Waals surface area contributed by atoms with E-state index in [4.69, 9.17) is 4.74 Å². The molecular weight excluding hydrogens is 607 g/mol. The highest BCUT2D eigenvalue weighted by Gasteiger charge is 2.33. The predicted molar refractivity (Wildman–Crippen MR) is 193 cm³/mol. The van der Waals surface area contributed by atoms with E-state index >= 15 is 0 Å². The first-order valence-electron chi connectivity index (χ1n) is 15.9. The monoisotopic (exact) mass is 663 g/mol. The summed E-state index contributed by atoms with van der Waals surface area (Å²) in [6.45, 7) is 7.14. The zero-order valence-electron chi connectivity index (χ0n) is 27.8. The highest BCUT2D eigenvalue weighted by atomic mass is 33.1. The SMILES string of the molecule is CC/C=C\C/C=C\C/C=C\C/C=C\C/C=C\C/C=C\CC(=O)NCCSSCCNC(=O)CCNC(=O)[C@H](O)C(C)(C)COC. The van der Waals surface area contributed by atoms with E-state index in [1.54, 1.807) is 35.4 Å². The van der Waals surface area contributed by atoms with E-state index in [1.807, 2.05) is 12.2 Å². The fourth-order valence-electron chi connectivity index (χ4n) is 3.66. The smallest absolute Gasteiger partial charge is 0.249 e. The van der Waals surface area contributed by atoms with E-state index in [1.165, 1.54) is 7.11 Å². The molecule has 0 saturated carbocycles. The number of carbonyl (C=O) groups excluding carboxylic acids is 3. The van der Waals surface area contributed by atoms with Gasteiger partial charge in [-0.1, -0.05) is 115 Å². The zero-order chi connectivity index (χ0) is 33.4. The molecule has 0 bridgehead atoms. The van der Waals surface area contributed by atoms with E-state index < -0.39 is 17.4 Å². The van der Waals surface area contributed by atoms with Crippen LogP contribution in [0, 0.1) is 5.41 Å². The average Bonchev–Trinajstić information content (AvgIpc) is 3.01. The zero-order valence-corrected chi connectivity index (χ0v) is 29.4. The molecule has 10 heteroatoms. The molecule has 0 spiro atoms. The van der Waals surface area contributed by atoms with Gasteiger partial charge < -0.3 is 25.8 Å². The summed E-state index contributed by atoms with van der Waals surface area (Å²) in [4.78, 5) is 36.0. The van der Waals surface area contributed by atoms with Crippen LogP contribution < -0.4 is 16.0 Å². The van der Waals surface area contributed by atoms with Crippen LogP contribution in [0.15, 0.2) is 72.9 Å². The standard InChI is InChI=1S/C35H57N3O5S2/c1-5-6-7-8-9-10-11-12-13-14-15-16-17-18-19-20-21-22-23-31(39)36-26-28-44-45-29-27-37-32(40)24-25-38-34(42)33(41)35(2,3)30-43-4/h6-7,9-10,12-13,15-16,18-19,21-22,33,41H,5,8,11,14,17,20,23-30H2,1-4H3,(H,36,39)(H,37,40)(H,38,42)/b7-6-,10-9-,13-12-,16-15-,19-18-,22-21-/t33-/m0/s1. The Kier molecular flexibility index (Phi) is 28.4. The van der Waals surface area contributed by atoms with E-state index in [0.717, 1.165) is 50.0 Å². The fraction of sp³-hybridized carbons (Fsp3) is 0.571. The molecule has 0 rings (SSSR count). The predicted octanol–water partition coefficient (Wildman–Crippen LogP) is 6.23. The van der Waals surface area contributed by atoms with Gasteiger partial charge in [0.1, 0.15) is 6.10 Å². The van der Waals surface area contributed by atoms with Crippen LogP contribution in [0.5, 0.6) is 0 Å².